The maximum atomic E-state index is 14.3. The van der Waals surface area contributed by atoms with Gasteiger partial charge in [0.1, 0.15) is 23.1 Å². The Labute approximate surface area is 202 Å². The first kappa shape index (κ1) is 26.1. The molecule has 0 fully saturated rings. The van der Waals surface area contributed by atoms with Gasteiger partial charge in [0.25, 0.3) is 0 Å². The number of nitrogens with two attached hydrogens (primary N) is 1. The Morgan fingerprint density at radius 3 is 2.28 bits per heavy atom. The summed E-state index contributed by atoms with van der Waals surface area (Å²) in [5.41, 5.74) is 4.94. The van der Waals surface area contributed by atoms with Gasteiger partial charge in [-0.3, -0.25) is 4.90 Å². The van der Waals surface area contributed by atoms with Crippen LogP contribution in [0.3, 0.4) is 0 Å². The number of esters is 2. The standard InChI is InChI=1S/C24H19F4N3O5/c1-34-22(32)19-18(13-6-4-3-5-7-13)15(11-29)21(30)31(20(19)23(33)35-2)16-10-14(25)8-9-17(16)36-12-24(26,27)28/h3-10,18H,12,30H2,1-2H3. The van der Waals surface area contributed by atoms with Gasteiger partial charge in [-0.2, -0.15) is 18.4 Å². The van der Waals surface area contributed by atoms with Crippen LogP contribution in [0.1, 0.15) is 11.5 Å². The molecule has 0 amide bonds. The van der Waals surface area contributed by atoms with Crippen LogP contribution in [0, 0.1) is 17.1 Å². The molecule has 0 aromatic heterocycles. The summed E-state index contributed by atoms with van der Waals surface area (Å²) in [6.45, 7) is -1.75. The van der Waals surface area contributed by atoms with Crippen molar-refractivity contribution in [3.05, 3.63) is 82.6 Å². The van der Waals surface area contributed by atoms with E-state index < -0.39 is 65.0 Å². The van der Waals surface area contributed by atoms with Crippen LogP contribution in [0.2, 0.25) is 0 Å². The van der Waals surface area contributed by atoms with E-state index in [1.165, 1.54) is 0 Å². The monoisotopic (exact) mass is 505 g/mol. The van der Waals surface area contributed by atoms with E-state index in [0.717, 1.165) is 37.3 Å². The lowest BCUT2D eigenvalue weighted by Gasteiger charge is -2.36. The van der Waals surface area contributed by atoms with Crippen molar-refractivity contribution in [2.24, 2.45) is 5.73 Å². The molecule has 188 valence electrons. The van der Waals surface area contributed by atoms with E-state index >= 15 is 0 Å². The van der Waals surface area contributed by atoms with Gasteiger partial charge in [-0.1, -0.05) is 30.3 Å². The van der Waals surface area contributed by atoms with E-state index in [-0.39, 0.29) is 5.57 Å². The summed E-state index contributed by atoms with van der Waals surface area (Å²) >= 11 is 0. The minimum absolute atomic E-state index is 0.250. The number of rotatable bonds is 6. The van der Waals surface area contributed by atoms with Gasteiger partial charge in [-0.05, 0) is 17.7 Å². The fraction of sp³-hybridized carbons (Fsp3) is 0.208. The number of ether oxygens (including phenoxy) is 3. The molecule has 0 saturated carbocycles. The molecule has 3 rings (SSSR count). The number of carbonyl (C=O) groups excluding carboxylic acids is 2. The van der Waals surface area contributed by atoms with Crippen molar-refractivity contribution < 1.29 is 41.4 Å². The highest BCUT2D eigenvalue weighted by Crippen LogP contribution is 2.45. The topological polar surface area (TPSA) is 115 Å². The first-order chi connectivity index (χ1) is 17.0. The zero-order valence-corrected chi connectivity index (χ0v) is 18.9. The minimum atomic E-state index is -4.75. The van der Waals surface area contributed by atoms with Crippen LogP contribution in [0.15, 0.2) is 71.2 Å². The van der Waals surface area contributed by atoms with Crippen molar-refractivity contribution in [1.82, 2.24) is 0 Å². The van der Waals surface area contributed by atoms with Gasteiger partial charge in [-0.25, -0.2) is 14.0 Å². The number of alkyl halides is 3. The zero-order valence-electron chi connectivity index (χ0n) is 18.9. The number of hydrogen-bond donors (Lipinski definition) is 1. The predicted molar refractivity (Wildman–Crippen MR) is 117 cm³/mol. The third-order valence-electron chi connectivity index (χ3n) is 5.16. The average Bonchev–Trinajstić information content (AvgIpc) is 2.86. The number of nitriles is 1. The molecular weight excluding hydrogens is 486 g/mol. The molecule has 2 aromatic rings. The number of anilines is 1. The van der Waals surface area contributed by atoms with Gasteiger partial charge in [0.2, 0.25) is 0 Å². The molecule has 1 atom stereocenters. The van der Waals surface area contributed by atoms with Crippen molar-refractivity contribution in [3.63, 3.8) is 0 Å². The lowest BCUT2D eigenvalue weighted by molar-refractivity contribution is -0.153. The second-order valence-corrected chi connectivity index (χ2v) is 7.35. The minimum Gasteiger partial charge on any atom is -0.482 e. The van der Waals surface area contributed by atoms with Gasteiger partial charge in [0.05, 0.1) is 43.0 Å². The molecule has 12 heteroatoms. The average molecular weight is 505 g/mol. The molecular formula is C24H19F4N3O5. The Balaban J connectivity index is 2.39. The number of allylic oxidation sites excluding steroid dienone is 1. The third-order valence-corrected chi connectivity index (χ3v) is 5.16. The Morgan fingerprint density at radius 2 is 1.72 bits per heavy atom. The Hall–Kier alpha value is -4.53. The molecule has 8 nitrogen and oxygen atoms in total. The highest BCUT2D eigenvalue weighted by molar-refractivity contribution is 6.06. The number of nitrogens with zero attached hydrogens (tertiary/aromatic N) is 2. The molecule has 1 heterocycles. The van der Waals surface area contributed by atoms with Gasteiger partial charge in [0, 0.05) is 6.07 Å². The normalized spacial score (nSPS) is 15.9. The first-order valence-electron chi connectivity index (χ1n) is 10.2. The molecule has 2 N–H and O–H groups in total. The first-order valence-corrected chi connectivity index (χ1v) is 10.2. The highest BCUT2D eigenvalue weighted by atomic mass is 19.4. The summed E-state index contributed by atoms with van der Waals surface area (Å²) in [7, 11) is 2.02. The van der Waals surface area contributed by atoms with Gasteiger partial charge >= 0.3 is 18.1 Å². The summed E-state index contributed by atoms with van der Waals surface area (Å²) in [4.78, 5) is 26.8. The van der Waals surface area contributed by atoms with Crippen LogP contribution in [-0.4, -0.2) is 38.9 Å². The summed E-state index contributed by atoms with van der Waals surface area (Å²) in [5, 5.41) is 9.99. The molecule has 0 aliphatic carbocycles. The Morgan fingerprint density at radius 1 is 1.08 bits per heavy atom. The van der Waals surface area contributed by atoms with Crippen molar-refractivity contribution in [1.29, 1.82) is 5.26 Å². The van der Waals surface area contributed by atoms with E-state index in [1.54, 1.807) is 30.3 Å². The van der Waals surface area contributed by atoms with Crippen LogP contribution >= 0.6 is 0 Å². The fourth-order valence-corrected chi connectivity index (χ4v) is 3.71. The zero-order chi connectivity index (χ0) is 26.6. The summed E-state index contributed by atoms with van der Waals surface area (Å²) < 4.78 is 67.4. The van der Waals surface area contributed by atoms with E-state index in [1.807, 2.05) is 6.07 Å². The molecule has 0 saturated heterocycles. The lowest BCUT2D eigenvalue weighted by atomic mass is 9.81. The molecule has 36 heavy (non-hydrogen) atoms. The Kier molecular flexibility index (Phi) is 7.53. The summed E-state index contributed by atoms with van der Waals surface area (Å²) in [5.74, 6) is -5.32. The highest BCUT2D eigenvalue weighted by Gasteiger charge is 2.44. The van der Waals surface area contributed by atoms with E-state index in [9.17, 15) is 32.4 Å². The van der Waals surface area contributed by atoms with Crippen molar-refractivity contribution in [3.8, 4) is 11.8 Å². The smallest absolute Gasteiger partial charge is 0.422 e. The second-order valence-electron chi connectivity index (χ2n) is 7.35. The summed E-state index contributed by atoms with van der Waals surface area (Å²) in [6.07, 6.45) is -4.75. The van der Waals surface area contributed by atoms with Crippen molar-refractivity contribution >= 4 is 17.6 Å². The molecule has 1 aliphatic heterocycles. The molecule has 0 spiro atoms. The number of methoxy groups -OCH3 is 2. The molecule has 0 bridgehead atoms. The van der Waals surface area contributed by atoms with E-state index in [0.29, 0.717) is 5.56 Å². The maximum Gasteiger partial charge on any atom is 0.422 e. The van der Waals surface area contributed by atoms with E-state index in [2.05, 4.69) is 0 Å². The van der Waals surface area contributed by atoms with Crippen LogP contribution in [0.25, 0.3) is 0 Å². The van der Waals surface area contributed by atoms with E-state index in [4.69, 9.17) is 19.9 Å². The number of carbonyl (C=O) groups is 2. The second kappa shape index (κ2) is 10.4. The number of halogens is 4. The van der Waals surface area contributed by atoms with Gasteiger partial charge < -0.3 is 19.9 Å². The lowest BCUT2D eigenvalue weighted by Crippen LogP contribution is -2.41. The largest absolute Gasteiger partial charge is 0.482 e. The van der Waals surface area contributed by atoms with Crippen LogP contribution < -0.4 is 15.4 Å². The van der Waals surface area contributed by atoms with Crippen LogP contribution in [0.4, 0.5) is 23.2 Å². The molecule has 1 unspecified atom stereocenters. The SMILES string of the molecule is COC(=O)C1=C(C(=O)OC)N(c2cc(F)ccc2OCC(F)(F)F)C(N)=C(C#N)C1c1ccccc1. The van der Waals surface area contributed by atoms with Gasteiger partial charge in [0.15, 0.2) is 6.61 Å². The Bertz CT molecular complexity index is 1280. The quantitative estimate of drug-likeness (QED) is 0.467. The van der Waals surface area contributed by atoms with Crippen LogP contribution in [0.5, 0.6) is 5.75 Å². The van der Waals surface area contributed by atoms with Crippen molar-refractivity contribution in [2.75, 3.05) is 25.7 Å². The number of hydrogen-bond acceptors (Lipinski definition) is 8. The third kappa shape index (κ3) is 5.10. The number of benzene rings is 2. The predicted octanol–water partition coefficient (Wildman–Crippen LogP) is 3.66. The molecule has 1 aliphatic rings. The molecule has 2 aromatic carbocycles. The fourth-order valence-electron chi connectivity index (χ4n) is 3.71. The van der Waals surface area contributed by atoms with Crippen molar-refractivity contribution in [2.45, 2.75) is 12.1 Å². The van der Waals surface area contributed by atoms with Crippen LogP contribution in [-0.2, 0) is 19.1 Å². The maximum absolute atomic E-state index is 14.3. The summed E-state index contributed by atoms with van der Waals surface area (Å²) in [6, 6.07) is 12.4. The van der Waals surface area contributed by atoms with Gasteiger partial charge in [-0.15, -0.1) is 0 Å². The molecule has 0 radical (unpaired) electrons.